The zero-order valence-electron chi connectivity index (χ0n) is 8.75. The van der Waals surface area contributed by atoms with Gasteiger partial charge in [0.15, 0.2) is 0 Å². The van der Waals surface area contributed by atoms with Gasteiger partial charge in [0, 0.05) is 0 Å². The summed E-state index contributed by atoms with van der Waals surface area (Å²) in [4.78, 5) is 10.7. The monoisotopic (exact) mass is 188 g/mol. The molecule has 3 nitrogen and oxygen atoms in total. The largest absolute Gasteiger partial charge is 0.469 e. The summed E-state index contributed by atoms with van der Waals surface area (Å²) in [6.07, 6.45) is 2.34. The molecule has 1 N–H and O–H groups in total. The van der Waals surface area contributed by atoms with Gasteiger partial charge in [-0.15, -0.1) is 0 Å². The third-order valence-electron chi connectivity index (χ3n) is 1.95. The molecule has 0 aromatic carbocycles. The Balaban J connectivity index is 3.40. The Kier molecular flexibility index (Phi) is 6.59. The Morgan fingerprint density at radius 1 is 1.38 bits per heavy atom. The van der Waals surface area contributed by atoms with Gasteiger partial charge < -0.3 is 9.84 Å². The van der Waals surface area contributed by atoms with E-state index in [2.05, 4.69) is 18.6 Å². The highest BCUT2D eigenvalue weighted by Crippen LogP contribution is 2.10. The van der Waals surface area contributed by atoms with Crippen LogP contribution in [0.4, 0.5) is 0 Å². The van der Waals surface area contributed by atoms with Crippen LogP contribution in [-0.2, 0) is 9.53 Å². The minimum Gasteiger partial charge on any atom is -0.469 e. The van der Waals surface area contributed by atoms with Crippen molar-refractivity contribution in [2.75, 3.05) is 7.11 Å². The summed E-state index contributed by atoms with van der Waals surface area (Å²) in [5.41, 5.74) is 0. The minimum atomic E-state index is -0.536. The number of esters is 1. The maximum atomic E-state index is 10.7. The van der Waals surface area contributed by atoms with Crippen LogP contribution in [0.25, 0.3) is 0 Å². The Morgan fingerprint density at radius 2 is 2.00 bits per heavy atom. The van der Waals surface area contributed by atoms with Crippen LogP contribution >= 0.6 is 0 Å². The van der Waals surface area contributed by atoms with E-state index in [1.807, 2.05) is 0 Å². The Bertz CT molecular complexity index is 143. The molecule has 0 aromatic heterocycles. The lowest BCUT2D eigenvalue weighted by Crippen LogP contribution is -2.14. The zero-order chi connectivity index (χ0) is 10.3. The smallest absolute Gasteiger partial charge is 0.308 e. The van der Waals surface area contributed by atoms with Crippen molar-refractivity contribution < 1.29 is 14.6 Å². The van der Waals surface area contributed by atoms with Crippen LogP contribution in [0.1, 0.15) is 39.5 Å². The zero-order valence-corrected chi connectivity index (χ0v) is 8.75. The second-order valence-corrected chi connectivity index (χ2v) is 3.76. The van der Waals surface area contributed by atoms with Gasteiger partial charge in [-0.05, 0) is 12.3 Å². The van der Waals surface area contributed by atoms with Gasteiger partial charge in [0.1, 0.15) is 0 Å². The number of rotatable bonds is 6. The van der Waals surface area contributed by atoms with Crippen molar-refractivity contribution >= 4 is 5.97 Å². The summed E-state index contributed by atoms with van der Waals surface area (Å²) in [6, 6.07) is 0. The van der Waals surface area contributed by atoms with E-state index in [0.29, 0.717) is 12.3 Å². The van der Waals surface area contributed by atoms with Crippen LogP contribution in [0, 0.1) is 5.92 Å². The van der Waals surface area contributed by atoms with E-state index in [9.17, 15) is 9.90 Å². The molecule has 3 heteroatoms. The van der Waals surface area contributed by atoms with Gasteiger partial charge in [0.05, 0.1) is 19.6 Å². The highest BCUT2D eigenvalue weighted by molar-refractivity contribution is 5.69. The first-order valence-electron chi connectivity index (χ1n) is 4.81. The van der Waals surface area contributed by atoms with Crippen molar-refractivity contribution in [1.82, 2.24) is 0 Å². The van der Waals surface area contributed by atoms with E-state index in [1.165, 1.54) is 7.11 Å². The minimum absolute atomic E-state index is 0.120. The summed E-state index contributed by atoms with van der Waals surface area (Å²) < 4.78 is 4.45. The topological polar surface area (TPSA) is 46.5 Å². The standard InChI is InChI=1S/C10H20O3/c1-8(2)5-4-6-9(11)7-10(12)13-3/h8-9,11H,4-7H2,1-3H3. The maximum absolute atomic E-state index is 10.7. The first-order chi connectivity index (χ1) is 6.06. The van der Waals surface area contributed by atoms with E-state index in [0.717, 1.165) is 12.8 Å². The molecular formula is C10H20O3. The highest BCUT2D eigenvalue weighted by Gasteiger charge is 2.10. The SMILES string of the molecule is COC(=O)CC(O)CCCC(C)C. The highest BCUT2D eigenvalue weighted by atomic mass is 16.5. The third kappa shape index (κ3) is 7.78. The number of carbonyl (C=O) groups is 1. The lowest BCUT2D eigenvalue weighted by atomic mass is 10.0. The second kappa shape index (κ2) is 6.89. The van der Waals surface area contributed by atoms with Crippen molar-refractivity contribution in [3.8, 4) is 0 Å². The van der Waals surface area contributed by atoms with Crippen molar-refractivity contribution in [3.63, 3.8) is 0 Å². The molecule has 13 heavy (non-hydrogen) atoms. The van der Waals surface area contributed by atoms with Crippen LogP contribution in [0.2, 0.25) is 0 Å². The molecule has 0 aromatic rings. The molecule has 0 aliphatic heterocycles. The Labute approximate surface area is 80.1 Å². The molecule has 0 saturated carbocycles. The molecular weight excluding hydrogens is 168 g/mol. The molecule has 0 fully saturated rings. The predicted octanol–water partition coefficient (Wildman–Crippen LogP) is 1.74. The fourth-order valence-electron chi connectivity index (χ4n) is 1.14. The summed E-state index contributed by atoms with van der Waals surface area (Å²) >= 11 is 0. The lowest BCUT2D eigenvalue weighted by Gasteiger charge is -2.09. The lowest BCUT2D eigenvalue weighted by molar-refractivity contribution is -0.142. The second-order valence-electron chi connectivity index (χ2n) is 3.76. The van der Waals surface area contributed by atoms with Crippen LogP contribution in [0.3, 0.4) is 0 Å². The fourth-order valence-corrected chi connectivity index (χ4v) is 1.14. The molecule has 0 bridgehead atoms. The molecule has 0 saturated heterocycles. The summed E-state index contributed by atoms with van der Waals surface area (Å²) in [7, 11) is 1.34. The number of carbonyl (C=O) groups excluding carboxylic acids is 1. The van der Waals surface area contributed by atoms with Gasteiger partial charge in [0.25, 0.3) is 0 Å². The van der Waals surface area contributed by atoms with Gasteiger partial charge in [-0.25, -0.2) is 0 Å². The summed E-state index contributed by atoms with van der Waals surface area (Å²) in [5, 5.41) is 9.36. The number of aliphatic hydroxyl groups excluding tert-OH is 1. The van der Waals surface area contributed by atoms with E-state index >= 15 is 0 Å². The number of hydrogen-bond donors (Lipinski definition) is 1. The molecule has 0 amide bonds. The molecule has 0 aliphatic carbocycles. The Morgan fingerprint density at radius 3 is 2.46 bits per heavy atom. The molecule has 78 valence electrons. The van der Waals surface area contributed by atoms with Crippen LogP contribution in [0.15, 0.2) is 0 Å². The maximum Gasteiger partial charge on any atom is 0.308 e. The first-order valence-corrected chi connectivity index (χ1v) is 4.81. The van der Waals surface area contributed by atoms with Gasteiger partial charge >= 0.3 is 5.97 Å². The summed E-state index contributed by atoms with van der Waals surface area (Å²) in [6.45, 7) is 4.29. The molecule has 1 unspecified atom stereocenters. The number of aliphatic hydroxyl groups is 1. The fraction of sp³-hybridized carbons (Fsp3) is 0.900. The first kappa shape index (κ1) is 12.4. The summed E-state index contributed by atoms with van der Waals surface area (Å²) in [5.74, 6) is 0.322. The quantitative estimate of drug-likeness (QED) is 0.646. The van der Waals surface area contributed by atoms with Gasteiger partial charge in [-0.2, -0.15) is 0 Å². The van der Waals surface area contributed by atoms with E-state index in [4.69, 9.17) is 0 Å². The van der Waals surface area contributed by atoms with Crippen molar-refractivity contribution in [2.45, 2.75) is 45.6 Å². The van der Waals surface area contributed by atoms with Crippen molar-refractivity contribution in [1.29, 1.82) is 0 Å². The van der Waals surface area contributed by atoms with E-state index < -0.39 is 6.10 Å². The van der Waals surface area contributed by atoms with Crippen LogP contribution in [-0.4, -0.2) is 24.3 Å². The molecule has 0 heterocycles. The van der Waals surface area contributed by atoms with Crippen molar-refractivity contribution in [3.05, 3.63) is 0 Å². The van der Waals surface area contributed by atoms with Gasteiger partial charge in [0.2, 0.25) is 0 Å². The number of ether oxygens (including phenoxy) is 1. The Hall–Kier alpha value is -0.570. The van der Waals surface area contributed by atoms with E-state index in [1.54, 1.807) is 0 Å². The predicted molar refractivity (Wildman–Crippen MR) is 51.3 cm³/mol. The molecule has 0 rings (SSSR count). The normalized spacial score (nSPS) is 13.0. The van der Waals surface area contributed by atoms with E-state index in [-0.39, 0.29) is 12.4 Å². The van der Waals surface area contributed by atoms with Crippen molar-refractivity contribution in [2.24, 2.45) is 5.92 Å². The van der Waals surface area contributed by atoms with Gasteiger partial charge in [-0.1, -0.05) is 26.7 Å². The average Bonchev–Trinajstić information content (AvgIpc) is 2.03. The number of methoxy groups -OCH3 is 1. The molecule has 0 spiro atoms. The molecule has 1 atom stereocenters. The number of hydrogen-bond acceptors (Lipinski definition) is 3. The van der Waals surface area contributed by atoms with Crippen LogP contribution < -0.4 is 0 Å². The average molecular weight is 188 g/mol. The van der Waals surface area contributed by atoms with Crippen LogP contribution in [0.5, 0.6) is 0 Å². The molecule has 0 radical (unpaired) electrons. The molecule has 0 aliphatic rings. The third-order valence-corrected chi connectivity index (χ3v) is 1.95. The van der Waals surface area contributed by atoms with Gasteiger partial charge in [-0.3, -0.25) is 4.79 Å².